The van der Waals surface area contributed by atoms with Crippen LogP contribution in [0.25, 0.3) is 0 Å². The number of methoxy groups -OCH3 is 2. The molecular weight excluding hydrogens is 244 g/mol. The summed E-state index contributed by atoms with van der Waals surface area (Å²) in [5, 5.41) is 6.15. The number of anilines is 1. The highest BCUT2D eigenvalue weighted by molar-refractivity contribution is 5.96. The van der Waals surface area contributed by atoms with Gasteiger partial charge in [0.2, 0.25) is 5.91 Å². The minimum absolute atomic E-state index is 0.0148. The smallest absolute Gasteiger partial charge is 0.231 e. The first-order chi connectivity index (χ1) is 9.09. The number of ether oxygens (including phenoxy) is 2. The maximum atomic E-state index is 12.3. The maximum Gasteiger partial charge on any atom is 0.231 e. The van der Waals surface area contributed by atoms with E-state index in [0.717, 1.165) is 13.0 Å². The first kappa shape index (κ1) is 13.7. The van der Waals surface area contributed by atoms with Gasteiger partial charge in [-0.1, -0.05) is 0 Å². The highest BCUT2D eigenvalue weighted by Crippen LogP contribution is 2.32. The van der Waals surface area contributed by atoms with Crippen LogP contribution in [0.15, 0.2) is 18.2 Å². The van der Waals surface area contributed by atoms with Gasteiger partial charge in [0, 0.05) is 12.6 Å². The Morgan fingerprint density at radius 3 is 2.74 bits per heavy atom. The highest BCUT2D eigenvalue weighted by Gasteiger charge is 2.36. The Balaban J connectivity index is 2.16. The average molecular weight is 264 g/mol. The number of carbonyl (C=O) groups excluding carboxylic acids is 1. The molecule has 1 aromatic carbocycles. The van der Waals surface area contributed by atoms with Gasteiger partial charge >= 0.3 is 0 Å². The van der Waals surface area contributed by atoms with E-state index in [-0.39, 0.29) is 11.3 Å². The lowest BCUT2D eigenvalue weighted by Gasteiger charge is -2.22. The van der Waals surface area contributed by atoms with Gasteiger partial charge in [0.25, 0.3) is 0 Å². The van der Waals surface area contributed by atoms with E-state index in [0.29, 0.717) is 23.7 Å². The number of carbonyl (C=O) groups is 1. The third-order valence-electron chi connectivity index (χ3n) is 3.57. The molecule has 0 saturated carbocycles. The van der Waals surface area contributed by atoms with Crippen LogP contribution in [0, 0.1) is 5.41 Å². The molecule has 1 aromatic rings. The minimum Gasteiger partial charge on any atom is -0.497 e. The Kier molecular flexibility index (Phi) is 3.95. The number of hydrogen-bond donors (Lipinski definition) is 2. The van der Waals surface area contributed by atoms with E-state index >= 15 is 0 Å². The fourth-order valence-corrected chi connectivity index (χ4v) is 2.19. The Morgan fingerprint density at radius 2 is 2.16 bits per heavy atom. The van der Waals surface area contributed by atoms with Crippen molar-refractivity contribution in [1.29, 1.82) is 0 Å². The van der Waals surface area contributed by atoms with Crippen molar-refractivity contribution in [3.63, 3.8) is 0 Å². The zero-order chi connectivity index (χ0) is 13.9. The summed E-state index contributed by atoms with van der Waals surface area (Å²) in [6, 6.07) is 5.35. The first-order valence-electron chi connectivity index (χ1n) is 6.33. The zero-order valence-corrected chi connectivity index (χ0v) is 11.6. The molecule has 0 aliphatic carbocycles. The topological polar surface area (TPSA) is 59.6 Å². The van der Waals surface area contributed by atoms with Crippen molar-refractivity contribution in [2.45, 2.75) is 13.3 Å². The van der Waals surface area contributed by atoms with Crippen molar-refractivity contribution in [1.82, 2.24) is 5.32 Å². The summed E-state index contributed by atoms with van der Waals surface area (Å²) in [6.07, 6.45) is 0.845. The van der Waals surface area contributed by atoms with Crippen LogP contribution < -0.4 is 20.1 Å². The van der Waals surface area contributed by atoms with E-state index in [1.165, 1.54) is 0 Å². The summed E-state index contributed by atoms with van der Waals surface area (Å²) in [7, 11) is 3.17. The van der Waals surface area contributed by atoms with E-state index in [1.54, 1.807) is 32.4 Å². The molecule has 0 spiro atoms. The molecule has 1 amide bonds. The quantitative estimate of drug-likeness (QED) is 0.868. The van der Waals surface area contributed by atoms with Crippen LogP contribution in [-0.2, 0) is 4.79 Å². The Morgan fingerprint density at radius 1 is 1.37 bits per heavy atom. The number of nitrogens with one attached hydrogen (secondary N) is 2. The Bertz CT molecular complexity index is 468. The van der Waals surface area contributed by atoms with Crippen LogP contribution in [0.5, 0.6) is 11.5 Å². The second-order valence-electron chi connectivity index (χ2n) is 5.01. The number of hydrogen-bond acceptors (Lipinski definition) is 4. The SMILES string of the molecule is COc1ccc(NC(=O)C2(C)CCNC2)c(OC)c1. The average Bonchev–Trinajstić information content (AvgIpc) is 2.87. The molecule has 1 aliphatic heterocycles. The van der Waals surface area contributed by atoms with Gasteiger partial charge in [0.1, 0.15) is 11.5 Å². The van der Waals surface area contributed by atoms with E-state index < -0.39 is 0 Å². The van der Waals surface area contributed by atoms with Gasteiger partial charge in [0.05, 0.1) is 25.3 Å². The molecule has 1 unspecified atom stereocenters. The monoisotopic (exact) mass is 264 g/mol. The molecule has 104 valence electrons. The van der Waals surface area contributed by atoms with Crippen molar-refractivity contribution >= 4 is 11.6 Å². The second-order valence-corrected chi connectivity index (χ2v) is 5.01. The van der Waals surface area contributed by atoms with Crippen LogP contribution in [-0.4, -0.2) is 33.2 Å². The van der Waals surface area contributed by atoms with Crippen LogP contribution in [0.1, 0.15) is 13.3 Å². The van der Waals surface area contributed by atoms with Gasteiger partial charge in [-0.05, 0) is 32.0 Å². The normalized spacial score (nSPS) is 22.1. The summed E-state index contributed by atoms with van der Waals surface area (Å²) in [5.74, 6) is 1.31. The van der Waals surface area contributed by atoms with E-state index in [2.05, 4.69) is 10.6 Å². The molecule has 2 N–H and O–H groups in total. The summed E-state index contributed by atoms with van der Waals surface area (Å²) in [4.78, 5) is 12.3. The summed E-state index contributed by atoms with van der Waals surface area (Å²) in [6.45, 7) is 3.55. The molecule has 2 rings (SSSR count). The number of rotatable bonds is 4. The van der Waals surface area contributed by atoms with Gasteiger partial charge in [-0.25, -0.2) is 0 Å². The molecule has 19 heavy (non-hydrogen) atoms. The zero-order valence-electron chi connectivity index (χ0n) is 11.6. The van der Waals surface area contributed by atoms with Crippen molar-refractivity contribution in [3.8, 4) is 11.5 Å². The Labute approximate surface area is 113 Å². The number of amides is 1. The molecule has 1 heterocycles. The minimum atomic E-state index is -0.356. The lowest BCUT2D eigenvalue weighted by molar-refractivity contribution is -0.123. The maximum absolute atomic E-state index is 12.3. The largest absolute Gasteiger partial charge is 0.497 e. The fraction of sp³-hybridized carbons (Fsp3) is 0.500. The van der Waals surface area contributed by atoms with Gasteiger partial charge in [-0.15, -0.1) is 0 Å². The van der Waals surface area contributed by atoms with E-state index in [1.807, 2.05) is 6.92 Å². The second kappa shape index (κ2) is 5.48. The highest BCUT2D eigenvalue weighted by atomic mass is 16.5. The molecule has 1 saturated heterocycles. The van der Waals surface area contributed by atoms with Crippen molar-refractivity contribution < 1.29 is 14.3 Å². The molecule has 0 bridgehead atoms. The lowest BCUT2D eigenvalue weighted by Crippen LogP contribution is -2.35. The molecular formula is C14H20N2O3. The van der Waals surface area contributed by atoms with Crippen molar-refractivity contribution in [3.05, 3.63) is 18.2 Å². The third-order valence-corrected chi connectivity index (χ3v) is 3.57. The molecule has 1 fully saturated rings. The summed E-state index contributed by atoms with van der Waals surface area (Å²) < 4.78 is 10.4. The molecule has 0 aromatic heterocycles. The first-order valence-corrected chi connectivity index (χ1v) is 6.33. The third kappa shape index (κ3) is 2.81. The molecule has 5 heteroatoms. The van der Waals surface area contributed by atoms with Gasteiger partial charge in [-0.2, -0.15) is 0 Å². The van der Waals surface area contributed by atoms with Gasteiger partial charge in [-0.3, -0.25) is 4.79 Å². The van der Waals surface area contributed by atoms with Crippen molar-refractivity contribution in [2.75, 3.05) is 32.6 Å². The van der Waals surface area contributed by atoms with Crippen molar-refractivity contribution in [2.24, 2.45) is 5.41 Å². The molecule has 1 aliphatic rings. The van der Waals surface area contributed by atoms with Crippen LogP contribution >= 0.6 is 0 Å². The number of benzene rings is 1. The molecule has 5 nitrogen and oxygen atoms in total. The molecule has 0 radical (unpaired) electrons. The van der Waals surface area contributed by atoms with Gasteiger partial charge < -0.3 is 20.1 Å². The van der Waals surface area contributed by atoms with Crippen LogP contribution in [0.3, 0.4) is 0 Å². The molecule has 1 atom stereocenters. The van der Waals surface area contributed by atoms with Crippen LogP contribution in [0.4, 0.5) is 5.69 Å². The summed E-state index contributed by atoms with van der Waals surface area (Å²) in [5.41, 5.74) is 0.312. The van der Waals surface area contributed by atoms with Crippen LogP contribution in [0.2, 0.25) is 0 Å². The van der Waals surface area contributed by atoms with E-state index in [9.17, 15) is 4.79 Å². The fourth-order valence-electron chi connectivity index (χ4n) is 2.19. The summed E-state index contributed by atoms with van der Waals surface area (Å²) >= 11 is 0. The van der Waals surface area contributed by atoms with E-state index in [4.69, 9.17) is 9.47 Å². The predicted octanol–water partition coefficient (Wildman–Crippen LogP) is 1.64. The lowest BCUT2D eigenvalue weighted by atomic mass is 9.88. The van der Waals surface area contributed by atoms with Gasteiger partial charge in [0.15, 0.2) is 0 Å². The standard InChI is InChI=1S/C14H20N2O3/c1-14(6-7-15-9-14)13(17)16-11-5-4-10(18-2)8-12(11)19-3/h4-5,8,15H,6-7,9H2,1-3H3,(H,16,17). The Hall–Kier alpha value is -1.75. The predicted molar refractivity (Wildman–Crippen MR) is 73.8 cm³/mol.